The van der Waals surface area contributed by atoms with E-state index in [0.29, 0.717) is 17.7 Å². The van der Waals surface area contributed by atoms with Crippen molar-refractivity contribution in [3.8, 4) is 17.0 Å². The molecule has 0 aliphatic rings. The Bertz CT molecular complexity index is 1550. The molecule has 198 valence electrons. The predicted molar refractivity (Wildman–Crippen MR) is 139 cm³/mol. The highest BCUT2D eigenvalue weighted by molar-refractivity contribution is 7.90. The minimum Gasteiger partial charge on any atom is -0.493 e. The highest BCUT2D eigenvalue weighted by Crippen LogP contribution is 2.34. The number of carboxylic acids is 1. The lowest BCUT2D eigenvalue weighted by Gasteiger charge is -2.18. The van der Waals surface area contributed by atoms with Crippen molar-refractivity contribution in [1.82, 2.24) is 9.29 Å². The van der Waals surface area contributed by atoms with Crippen molar-refractivity contribution in [1.29, 1.82) is 0 Å². The zero-order valence-corrected chi connectivity index (χ0v) is 21.3. The molecule has 0 radical (unpaired) electrons. The largest absolute Gasteiger partial charge is 0.493 e. The molecule has 3 aromatic carbocycles. The Hall–Kier alpha value is -4.02. The van der Waals surface area contributed by atoms with Gasteiger partial charge in [0.15, 0.2) is 0 Å². The zero-order valence-electron chi connectivity index (χ0n) is 20.5. The molecular weight excluding hydrogens is 514 g/mol. The van der Waals surface area contributed by atoms with E-state index in [4.69, 9.17) is 9.84 Å². The number of aromatic nitrogens is 1. The van der Waals surface area contributed by atoms with Crippen molar-refractivity contribution in [2.75, 3.05) is 13.2 Å². The zero-order chi connectivity index (χ0) is 27.3. The van der Waals surface area contributed by atoms with E-state index in [1.165, 1.54) is 60.8 Å². The second-order valence-electron chi connectivity index (χ2n) is 8.42. The maximum atomic E-state index is 14.9. The van der Waals surface area contributed by atoms with Crippen LogP contribution < -0.4 is 10.1 Å². The van der Waals surface area contributed by atoms with Gasteiger partial charge in [-0.3, -0.25) is 4.79 Å². The van der Waals surface area contributed by atoms with Crippen LogP contribution in [0.25, 0.3) is 11.3 Å². The van der Waals surface area contributed by atoms with Gasteiger partial charge in [-0.15, -0.1) is 0 Å². The molecule has 38 heavy (non-hydrogen) atoms. The van der Waals surface area contributed by atoms with Crippen molar-refractivity contribution in [2.45, 2.75) is 24.3 Å². The molecule has 1 unspecified atom stereocenters. The Morgan fingerprint density at radius 1 is 1.00 bits per heavy atom. The second-order valence-corrected chi connectivity index (χ2v) is 10.2. The van der Waals surface area contributed by atoms with Gasteiger partial charge in [0, 0.05) is 23.4 Å². The molecule has 0 fully saturated rings. The van der Waals surface area contributed by atoms with E-state index in [0.717, 1.165) is 3.97 Å². The summed E-state index contributed by atoms with van der Waals surface area (Å²) in [4.78, 5) is 10.6. The van der Waals surface area contributed by atoms with Gasteiger partial charge in [-0.1, -0.05) is 43.3 Å². The molecule has 4 rings (SSSR count). The van der Waals surface area contributed by atoms with Gasteiger partial charge >= 0.3 is 5.97 Å². The van der Waals surface area contributed by atoms with Gasteiger partial charge < -0.3 is 15.2 Å². The Morgan fingerprint density at radius 3 is 2.39 bits per heavy atom. The van der Waals surface area contributed by atoms with Gasteiger partial charge in [0.2, 0.25) is 0 Å². The van der Waals surface area contributed by atoms with Crippen LogP contribution in [-0.2, 0) is 14.8 Å². The minimum absolute atomic E-state index is 0.0555. The normalized spacial score (nSPS) is 12.3. The van der Waals surface area contributed by atoms with Crippen molar-refractivity contribution in [2.24, 2.45) is 0 Å². The highest BCUT2D eigenvalue weighted by atomic mass is 32.2. The maximum absolute atomic E-state index is 14.9. The van der Waals surface area contributed by atoms with Gasteiger partial charge in [0.05, 0.1) is 29.7 Å². The minimum atomic E-state index is -4.29. The van der Waals surface area contributed by atoms with Crippen LogP contribution in [0.5, 0.6) is 5.75 Å². The molecule has 1 aromatic heterocycles. The van der Waals surface area contributed by atoms with Crippen LogP contribution in [0, 0.1) is 11.6 Å². The standard InChI is InChI=1S/C28H26F2N2O5S/c1-2-31-28(23-11-4-6-13-25(23)30)19-16-26(22-10-3-5-12-24(22)29)32(18-19)38(35,36)21-9-7-8-20(17-21)37-15-14-27(33)34/h3-13,16-18,28,31H,2,14-15H2,1H3,(H,33,34). The third kappa shape index (κ3) is 5.76. The van der Waals surface area contributed by atoms with Crippen molar-refractivity contribution < 1.29 is 31.8 Å². The summed E-state index contributed by atoms with van der Waals surface area (Å²) in [6, 6.07) is 18.4. The highest BCUT2D eigenvalue weighted by Gasteiger charge is 2.27. The van der Waals surface area contributed by atoms with E-state index in [2.05, 4.69) is 5.32 Å². The van der Waals surface area contributed by atoms with Gasteiger partial charge in [0.1, 0.15) is 17.4 Å². The van der Waals surface area contributed by atoms with Gasteiger partial charge in [-0.2, -0.15) is 0 Å². The topological polar surface area (TPSA) is 97.6 Å². The molecule has 1 heterocycles. The first-order chi connectivity index (χ1) is 18.2. The predicted octanol–water partition coefficient (Wildman–Crippen LogP) is 5.22. The monoisotopic (exact) mass is 540 g/mol. The first-order valence-corrected chi connectivity index (χ1v) is 13.3. The van der Waals surface area contributed by atoms with E-state index in [1.54, 1.807) is 24.3 Å². The number of carboxylic acid groups (broad SMARTS) is 1. The average Bonchev–Trinajstić information content (AvgIpc) is 3.34. The Balaban J connectivity index is 1.85. The number of benzene rings is 3. The van der Waals surface area contributed by atoms with E-state index >= 15 is 0 Å². The Labute approximate surface area is 219 Å². The number of halogens is 2. The summed E-state index contributed by atoms with van der Waals surface area (Å²) in [6.45, 7) is 2.16. The smallest absolute Gasteiger partial charge is 0.306 e. The fourth-order valence-corrected chi connectivity index (χ4v) is 5.51. The number of aliphatic carboxylic acids is 1. The maximum Gasteiger partial charge on any atom is 0.306 e. The fourth-order valence-electron chi connectivity index (χ4n) is 4.10. The third-order valence-corrected chi connectivity index (χ3v) is 7.53. The van der Waals surface area contributed by atoms with Gasteiger partial charge in [0.25, 0.3) is 10.0 Å². The van der Waals surface area contributed by atoms with Crippen molar-refractivity contribution >= 4 is 16.0 Å². The molecule has 0 saturated heterocycles. The average molecular weight is 541 g/mol. The summed E-state index contributed by atoms with van der Waals surface area (Å²) in [6.07, 6.45) is 1.10. The van der Waals surface area contributed by atoms with E-state index in [-0.39, 0.29) is 34.9 Å². The van der Waals surface area contributed by atoms with Crippen molar-refractivity contribution in [3.63, 3.8) is 0 Å². The van der Waals surface area contributed by atoms with E-state index in [9.17, 15) is 22.0 Å². The third-order valence-electron chi connectivity index (χ3n) is 5.86. The lowest BCUT2D eigenvalue weighted by molar-refractivity contribution is -0.137. The molecule has 0 bridgehead atoms. The molecule has 4 aromatic rings. The molecular formula is C28H26F2N2O5S. The molecule has 7 nitrogen and oxygen atoms in total. The van der Waals surface area contributed by atoms with E-state index in [1.807, 2.05) is 6.92 Å². The van der Waals surface area contributed by atoms with Crippen LogP contribution in [0.1, 0.15) is 30.5 Å². The molecule has 0 aliphatic carbocycles. The number of carbonyl (C=O) groups is 1. The first-order valence-electron chi connectivity index (χ1n) is 11.9. The number of nitrogens with zero attached hydrogens (tertiary/aromatic N) is 1. The fraction of sp³-hybridized carbons (Fsp3) is 0.179. The molecule has 0 saturated carbocycles. The summed E-state index contributed by atoms with van der Waals surface area (Å²) in [5, 5.41) is 12.0. The lowest BCUT2D eigenvalue weighted by Crippen LogP contribution is -2.22. The summed E-state index contributed by atoms with van der Waals surface area (Å²) >= 11 is 0. The summed E-state index contributed by atoms with van der Waals surface area (Å²) < 4.78 is 63.8. The van der Waals surface area contributed by atoms with Crippen LogP contribution in [0.2, 0.25) is 0 Å². The summed E-state index contributed by atoms with van der Waals surface area (Å²) in [5.74, 6) is -1.96. The SMILES string of the molecule is CCNC(c1cc(-c2ccccc2F)n(S(=O)(=O)c2cccc(OCCC(=O)O)c2)c1)c1ccccc1F. The lowest BCUT2D eigenvalue weighted by atomic mass is 9.99. The van der Waals surface area contributed by atoms with E-state index < -0.39 is 33.7 Å². The first kappa shape index (κ1) is 27.0. The van der Waals surface area contributed by atoms with Gasteiger partial charge in [-0.25, -0.2) is 21.2 Å². The summed E-state index contributed by atoms with van der Waals surface area (Å²) in [5.41, 5.74) is 0.861. The van der Waals surface area contributed by atoms with Crippen LogP contribution >= 0.6 is 0 Å². The quantitative estimate of drug-likeness (QED) is 0.271. The molecule has 10 heteroatoms. The van der Waals surface area contributed by atoms with Crippen LogP contribution in [0.4, 0.5) is 8.78 Å². The van der Waals surface area contributed by atoms with Crippen molar-refractivity contribution in [3.05, 3.63) is 108 Å². The number of hydrogen-bond acceptors (Lipinski definition) is 5. The van der Waals surface area contributed by atoms with Crippen LogP contribution in [0.3, 0.4) is 0 Å². The molecule has 1 atom stereocenters. The summed E-state index contributed by atoms with van der Waals surface area (Å²) in [7, 11) is -4.29. The molecule has 0 amide bonds. The number of hydrogen-bond donors (Lipinski definition) is 2. The molecule has 0 spiro atoms. The second kappa shape index (κ2) is 11.6. The number of ether oxygens (including phenoxy) is 1. The van der Waals surface area contributed by atoms with Crippen LogP contribution in [-0.4, -0.2) is 36.6 Å². The molecule has 2 N–H and O–H groups in total. The molecule has 0 aliphatic heterocycles. The Kier molecular flexibility index (Phi) is 8.23. The number of nitrogens with one attached hydrogen (secondary N) is 1. The van der Waals surface area contributed by atoms with Gasteiger partial charge in [-0.05, 0) is 48.5 Å². The Morgan fingerprint density at radius 2 is 1.71 bits per heavy atom. The number of rotatable bonds is 11. The van der Waals surface area contributed by atoms with Crippen LogP contribution in [0.15, 0.2) is 90.0 Å².